The van der Waals surface area contributed by atoms with Crippen molar-refractivity contribution < 1.29 is 17.9 Å². The highest BCUT2D eigenvalue weighted by atomic mass is 35.5. The van der Waals surface area contributed by atoms with Gasteiger partial charge in [0, 0.05) is 28.4 Å². The Kier molecular flexibility index (Phi) is 6.77. The van der Waals surface area contributed by atoms with Crippen molar-refractivity contribution in [3.8, 4) is 11.5 Å². The van der Waals surface area contributed by atoms with E-state index in [1.165, 1.54) is 7.11 Å². The fourth-order valence-electron chi connectivity index (χ4n) is 1.85. The zero-order chi connectivity index (χ0) is 16.0. The molecule has 1 aromatic carbocycles. The SMILES string of the molecule is CCS(=O)(=O)CCOc1c(CC(C)N)cc(Cl)cc1OC. The maximum absolute atomic E-state index is 11.5. The van der Waals surface area contributed by atoms with Crippen molar-refractivity contribution in [2.24, 2.45) is 5.73 Å². The molecule has 0 aromatic heterocycles. The van der Waals surface area contributed by atoms with Crippen molar-refractivity contribution in [1.29, 1.82) is 0 Å². The standard InChI is InChI=1S/C14H22ClNO4S/c1-4-21(17,18)6-5-20-14-11(7-10(2)16)8-12(15)9-13(14)19-3/h8-10H,4-7,16H2,1-3H3. The van der Waals surface area contributed by atoms with Crippen LogP contribution in [0.1, 0.15) is 19.4 Å². The molecule has 1 unspecified atom stereocenters. The van der Waals surface area contributed by atoms with Crippen LogP contribution in [0.5, 0.6) is 11.5 Å². The first kappa shape index (κ1) is 18.1. The van der Waals surface area contributed by atoms with Crippen LogP contribution >= 0.6 is 11.6 Å². The van der Waals surface area contributed by atoms with Gasteiger partial charge >= 0.3 is 0 Å². The summed E-state index contributed by atoms with van der Waals surface area (Å²) in [5.41, 5.74) is 6.63. The molecule has 1 atom stereocenters. The fraction of sp³-hybridized carbons (Fsp3) is 0.571. The number of hydrogen-bond acceptors (Lipinski definition) is 5. The predicted molar refractivity (Wildman–Crippen MR) is 85.2 cm³/mol. The molecular weight excluding hydrogens is 314 g/mol. The molecule has 21 heavy (non-hydrogen) atoms. The van der Waals surface area contributed by atoms with Crippen LogP contribution in [0, 0.1) is 0 Å². The maximum atomic E-state index is 11.5. The predicted octanol–water partition coefficient (Wildman–Crippen LogP) is 2.05. The third-order valence-electron chi connectivity index (χ3n) is 2.94. The van der Waals surface area contributed by atoms with Crippen LogP contribution in [0.25, 0.3) is 0 Å². The zero-order valence-corrected chi connectivity index (χ0v) is 14.1. The number of ether oxygens (including phenoxy) is 2. The van der Waals surface area contributed by atoms with Gasteiger partial charge in [0.15, 0.2) is 21.3 Å². The van der Waals surface area contributed by atoms with Gasteiger partial charge in [-0.1, -0.05) is 18.5 Å². The molecule has 5 nitrogen and oxygen atoms in total. The number of methoxy groups -OCH3 is 1. The minimum atomic E-state index is -3.07. The van der Waals surface area contributed by atoms with E-state index in [0.717, 1.165) is 5.56 Å². The molecule has 0 radical (unpaired) electrons. The minimum absolute atomic E-state index is 0.0348. The molecule has 0 heterocycles. The Balaban J connectivity index is 2.97. The lowest BCUT2D eigenvalue weighted by molar-refractivity contribution is 0.308. The summed E-state index contributed by atoms with van der Waals surface area (Å²) >= 11 is 6.04. The van der Waals surface area contributed by atoms with Gasteiger partial charge in [-0.3, -0.25) is 0 Å². The molecule has 0 aliphatic rings. The number of halogens is 1. The van der Waals surface area contributed by atoms with E-state index in [9.17, 15) is 8.42 Å². The Bertz CT molecular complexity index is 573. The van der Waals surface area contributed by atoms with Gasteiger partial charge in [0.2, 0.25) is 0 Å². The zero-order valence-electron chi connectivity index (χ0n) is 12.6. The molecule has 0 aliphatic carbocycles. The molecule has 0 bridgehead atoms. The fourth-order valence-corrected chi connectivity index (χ4v) is 2.71. The second-order valence-electron chi connectivity index (χ2n) is 4.86. The largest absolute Gasteiger partial charge is 0.493 e. The average molecular weight is 336 g/mol. The topological polar surface area (TPSA) is 78.6 Å². The molecule has 0 saturated carbocycles. The highest BCUT2D eigenvalue weighted by Gasteiger charge is 2.15. The first-order valence-corrected chi connectivity index (χ1v) is 8.94. The van der Waals surface area contributed by atoms with Gasteiger partial charge in [-0.05, 0) is 19.4 Å². The smallest absolute Gasteiger partial charge is 0.164 e. The van der Waals surface area contributed by atoms with Gasteiger partial charge in [0.05, 0.1) is 12.9 Å². The first-order valence-electron chi connectivity index (χ1n) is 6.74. The summed E-state index contributed by atoms with van der Waals surface area (Å²) < 4.78 is 33.9. The number of benzene rings is 1. The lowest BCUT2D eigenvalue weighted by atomic mass is 10.1. The van der Waals surface area contributed by atoms with Gasteiger partial charge in [-0.25, -0.2) is 8.42 Å². The molecule has 1 rings (SSSR count). The number of nitrogens with two attached hydrogens (primary N) is 1. The number of hydrogen-bond donors (Lipinski definition) is 1. The van der Waals surface area contributed by atoms with Gasteiger partial charge in [0.1, 0.15) is 6.61 Å². The van der Waals surface area contributed by atoms with E-state index in [1.54, 1.807) is 19.1 Å². The first-order chi connectivity index (χ1) is 9.79. The average Bonchev–Trinajstić information content (AvgIpc) is 2.39. The van der Waals surface area contributed by atoms with E-state index in [4.69, 9.17) is 26.8 Å². The van der Waals surface area contributed by atoms with Crippen molar-refractivity contribution in [2.75, 3.05) is 25.2 Å². The van der Waals surface area contributed by atoms with Crippen LogP contribution in [0.2, 0.25) is 5.02 Å². The number of sulfone groups is 1. The van der Waals surface area contributed by atoms with E-state index < -0.39 is 9.84 Å². The Labute approximate surface area is 131 Å². The molecule has 120 valence electrons. The third kappa shape index (κ3) is 5.73. The normalized spacial score (nSPS) is 13.0. The van der Waals surface area contributed by atoms with Gasteiger partial charge in [-0.2, -0.15) is 0 Å². The molecule has 7 heteroatoms. The molecular formula is C14H22ClNO4S. The van der Waals surface area contributed by atoms with Gasteiger partial charge < -0.3 is 15.2 Å². The van der Waals surface area contributed by atoms with Crippen molar-refractivity contribution in [3.05, 3.63) is 22.7 Å². The molecule has 0 saturated heterocycles. The third-order valence-corrected chi connectivity index (χ3v) is 4.83. The summed E-state index contributed by atoms with van der Waals surface area (Å²) in [4.78, 5) is 0. The number of rotatable bonds is 8. The summed E-state index contributed by atoms with van der Waals surface area (Å²) in [6.07, 6.45) is 0.562. The summed E-state index contributed by atoms with van der Waals surface area (Å²) in [5.74, 6) is 1.05. The molecule has 0 fully saturated rings. The molecule has 1 aromatic rings. The Morgan fingerprint density at radius 2 is 2.05 bits per heavy atom. The molecule has 0 amide bonds. The van der Waals surface area contributed by atoms with Crippen LogP contribution in [0.4, 0.5) is 0 Å². The maximum Gasteiger partial charge on any atom is 0.164 e. The second-order valence-corrected chi connectivity index (χ2v) is 7.77. The quantitative estimate of drug-likeness (QED) is 0.786. The van der Waals surface area contributed by atoms with Crippen molar-refractivity contribution in [3.63, 3.8) is 0 Å². The molecule has 0 spiro atoms. The Hall–Kier alpha value is -0.980. The van der Waals surface area contributed by atoms with Gasteiger partial charge in [-0.15, -0.1) is 0 Å². The lowest BCUT2D eigenvalue weighted by Crippen LogP contribution is -2.20. The minimum Gasteiger partial charge on any atom is -0.493 e. The van der Waals surface area contributed by atoms with Crippen LogP contribution in [-0.2, 0) is 16.3 Å². The summed E-state index contributed by atoms with van der Waals surface area (Å²) in [6.45, 7) is 3.55. The Morgan fingerprint density at radius 1 is 1.38 bits per heavy atom. The summed E-state index contributed by atoms with van der Waals surface area (Å²) in [5, 5.41) is 0.524. The Morgan fingerprint density at radius 3 is 2.57 bits per heavy atom. The van der Waals surface area contributed by atoms with E-state index >= 15 is 0 Å². The van der Waals surface area contributed by atoms with Crippen LogP contribution in [0.15, 0.2) is 12.1 Å². The summed E-state index contributed by atoms with van der Waals surface area (Å²) in [6, 6.07) is 3.32. The van der Waals surface area contributed by atoms with E-state index in [0.29, 0.717) is 22.9 Å². The monoisotopic (exact) mass is 335 g/mol. The van der Waals surface area contributed by atoms with E-state index in [2.05, 4.69) is 0 Å². The highest BCUT2D eigenvalue weighted by Crippen LogP contribution is 2.35. The molecule has 2 N–H and O–H groups in total. The van der Waals surface area contributed by atoms with Crippen LogP contribution in [-0.4, -0.2) is 39.7 Å². The summed E-state index contributed by atoms with van der Waals surface area (Å²) in [7, 11) is -1.56. The second kappa shape index (κ2) is 7.87. The van der Waals surface area contributed by atoms with Crippen molar-refractivity contribution in [1.82, 2.24) is 0 Å². The highest BCUT2D eigenvalue weighted by molar-refractivity contribution is 7.91. The van der Waals surface area contributed by atoms with E-state index in [1.807, 2.05) is 6.92 Å². The molecule has 0 aliphatic heterocycles. The van der Waals surface area contributed by atoms with Crippen molar-refractivity contribution in [2.45, 2.75) is 26.3 Å². The van der Waals surface area contributed by atoms with Crippen molar-refractivity contribution >= 4 is 21.4 Å². The van der Waals surface area contributed by atoms with Crippen LogP contribution < -0.4 is 15.2 Å². The van der Waals surface area contributed by atoms with E-state index in [-0.39, 0.29) is 24.2 Å². The lowest BCUT2D eigenvalue weighted by Gasteiger charge is -2.17. The van der Waals surface area contributed by atoms with Gasteiger partial charge in [0.25, 0.3) is 0 Å². The van der Waals surface area contributed by atoms with Crippen LogP contribution in [0.3, 0.4) is 0 Å².